The number of thiazole rings is 1. The predicted octanol–water partition coefficient (Wildman–Crippen LogP) is 4.73. The Kier molecular flexibility index (Phi) is 11.0. The number of carbonyl (C=O) groups excluding carboxylic acids is 2. The molecule has 8 nitrogen and oxygen atoms in total. The summed E-state index contributed by atoms with van der Waals surface area (Å²) in [7, 11) is 0. The van der Waals surface area contributed by atoms with Crippen LogP contribution in [0.25, 0.3) is 10.8 Å². The number of aliphatic hydroxyl groups is 1. The lowest BCUT2D eigenvalue weighted by molar-refractivity contribution is -0.141. The summed E-state index contributed by atoms with van der Waals surface area (Å²) in [5, 5.41) is 30.6. The zero-order valence-corrected chi connectivity index (χ0v) is 23.8. The maximum atomic E-state index is 13.5. The van der Waals surface area contributed by atoms with E-state index in [9.17, 15) is 24.6 Å². The number of aliphatic carboxylic acids is 1. The Bertz CT molecular complexity index is 1240. The van der Waals surface area contributed by atoms with Gasteiger partial charge in [0, 0.05) is 11.6 Å². The highest BCUT2D eigenvalue weighted by Crippen LogP contribution is 2.25. The summed E-state index contributed by atoms with van der Waals surface area (Å²) in [6.45, 7) is 7.91. The molecule has 4 N–H and O–H groups in total. The molecule has 0 aliphatic carbocycles. The van der Waals surface area contributed by atoms with Crippen LogP contribution in [0, 0.1) is 17.8 Å². The number of amides is 2. The Morgan fingerprint density at radius 3 is 2.26 bits per heavy atom. The lowest BCUT2D eigenvalue weighted by Gasteiger charge is -2.28. The molecule has 2 amide bonds. The van der Waals surface area contributed by atoms with Crippen LogP contribution >= 0.6 is 11.3 Å². The molecule has 9 heteroatoms. The predicted molar refractivity (Wildman–Crippen MR) is 153 cm³/mol. The quantitative estimate of drug-likeness (QED) is 0.229. The molecule has 39 heavy (non-hydrogen) atoms. The third-order valence-corrected chi connectivity index (χ3v) is 7.46. The zero-order chi connectivity index (χ0) is 28.5. The van der Waals surface area contributed by atoms with E-state index in [0.29, 0.717) is 17.8 Å². The van der Waals surface area contributed by atoms with E-state index in [1.165, 1.54) is 11.3 Å². The van der Waals surface area contributed by atoms with Crippen molar-refractivity contribution in [3.63, 3.8) is 0 Å². The van der Waals surface area contributed by atoms with Crippen LogP contribution in [0.2, 0.25) is 0 Å². The van der Waals surface area contributed by atoms with Crippen LogP contribution in [-0.2, 0) is 20.8 Å². The molecule has 0 radical (unpaired) electrons. The van der Waals surface area contributed by atoms with Crippen molar-refractivity contribution < 1.29 is 24.6 Å². The first kappa shape index (κ1) is 30.2. The van der Waals surface area contributed by atoms with Crippen molar-refractivity contribution in [2.24, 2.45) is 17.8 Å². The highest BCUT2D eigenvalue weighted by atomic mass is 32.1. The van der Waals surface area contributed by atoms with E-state index in [1.807, 2.05) is 70.2 Å². The van der Waals surface area contributed by atoms with E-state index in [-0.39, 0.29) is 24.7 Å². The second-order valence-corrected chi connectivity index (χ2v) is 11.8. The summed E-state index contributed by atoms with van der Waals surface area (Å²) < 4.78 is 0. The lowest BCUT2D eigenvalue weighted by atomic mass is 9.91. The number of carboxylic acids is 1. The number of hydrogen-bond donors (Lipinski definition) is 4. The number of nitrogens with zero attached hydrogens (tertiary/aromatic N) is 1. The molecule has 0 saturated carbocycles. The Hall–Kier alpha value is -3.30. The number of fused-ring (bicyclic) bond motifs is 1. The van der Waals surface area contributed by atoms with Gasteiger partial charge in [-0.05, 0) is 47.4 Å². The third-order valence-electron chi connectivity index (χ3n) is 6.62. The third kappa shape index (κ3) is 8.86. The van der Waals surface area contributed by atoms with Gasteiger partial charge in [-0.3, -0.25) is 14.4 Å². The van der Waals surface area contributed by atoms with Gasteiger partial charge in [-0.25, -0.2) is 4.98 Å². The van der Waals surface area contributed by atoms with E-state index >= 15 is 0 Å². The standard InChI is InChI=1S/C30H39N3O5S/c1-18(2)14-24(27(36)30-31-12-13-39-30)32-29(38)25(15-19(3)4)33-28(37)22(17-26(34)35)16-21-10-7-9-20-8-5-6-11-23(20)21/h5-13,18-19,22,24-25,27,36H,14-17H2,1-4H3,(H,32,38)(H,33,37)(H,34,35)/t22-,24+,25+,27-/m1/s1. The number of aromatic nitrogens is 1. The fourth-order valence-corrected chi connectivity index (χ4v) is 5.49. The van der Waals surface area contributed by atoms with Crippen molar-refractivity contribution in [1.29, 1.82) is 0 Å². The van der Waals surface area contributed by atoms with Crippen LogP contribution in [0.5, 0.6) is 0 Å². The maximum Gasteiger partial charge on any atom is 0.304 e. The van der Waals surface area contributed by atoms with Gasteiger partial charge in [0.05, 0.1) is 18.4 Å². The number of nitrogens with one attached hydrogen (secondary N) is 2. The van der Waals surface area contributed by atoms with Crippen LogP contribution in [0.3, 0.4) is 0 Å². The molecule has 2 aromatic carbocycles. The first-order valence-electron chi connectivity index (χ1n) is 13.4. The van der Waals surface area contributed by atoms with Gasteiger partial charge in [0.2, 0.25) is 11.8 Å². The highest BCUT2D eigenvalue weighted by Gasteiger charge is 2.32. The molecule has 0 fully saturated rings. The number of aliphatic hydroxyl groups excluding tert-OH is 1. The van der Waals surface area contributed by atoms with Crippen LogP contribution in [-0.4, -0.2) is 45.1 Å². The molecule has 0 aliphatic rings. The van der Waals surface area contributed by atoms with Crippen molar-refractivity contribution in [3.8, 4) is 0 Å². The van der Waals surface area contributed by atoms with Crippen LogP contribution in [0.1, 0.15) is 63.6 Å². The number of rotatable bonds is 14. The molecule has 210 valence electrons. The first-order chi connectivity index (χ1) is 18.5. The highest BCUT2D eigenvalue weighted by molar-refractivity contribution is 7.09. The summed E-state index contributed by atoms with van der Waals surface area (Å²) in [6.07, 6.45) is 1.40. The normalized spacial score (nSPS) is 14.6. The van der Waals surface area contributed by atoms with E-state index in [1.54, 1.807) is 11.6 Å². The Morgan fingerprint density at radius 1 is 0.923 bits per heavy atom. The van der Waals surface area contributed by atoms with E-state index in [2.05, 4.69) is 15.6 Å². The summed E-state index contributed by atoms with van der Waals surface area (Å²) in [5.41, 5.74) is 0.878. The lowest BCUT2D eigenvalue weighted by Crippen LogP contribution is -2.53. The van der Waals surface area contributed by atoms with Crippen molar-refractivity contribution in [3.05, 3.63) is 64.6 Å². The largest absolute Gasteiger partial charge is 0.481 e. The molecule has 0 bridgehead atoms. The SMILES string of the molecule is CC(C)C[C@H](NC(=O)[C@@H](CC(=O)O)Cc1cccc2ccccc12)C(=O)N[C@@H](CC(C)C)[C@@H](O)c1nccs1. The Morgan fingerprint density at radius 2 is 1.62 bits per heavy atom. The summed E-state index contributed by atoms with van der Waals surface area (Å²) in [4.78, 5) is 42.9. The van der Waals surface area contributed by atoms with Gasteiger partial charge >= 0.3 is 5.97 Å². The number of hydrogen-bond acceptors (Lipinski definition) is 6. The maximum absolute atomic E-state index is 13.5. The van der Waals surface area contributed by atoms with Crippen molar-refractivity contribution >= 4 is 39.9 Å². The molecule has 4 atom stereocenters. The van der Waals surface area contributed by atoms with Gasteiger partial charge in [-0.15, -0.1) is 11.3 Å². The molecular formula is C30H39N3O5S. The summed E-state index contributed by atoms with van der Waals surface area (Å²) in [6, 6.07) is 12.1. The van der Waals surface area contributed by atoms with E-state index in [4.69, 9.17) is 0 Å². The second kappa shape index (κ2) is 14.2. The smallest absolute Gasteiger partial charge is 0.304 e. The summed E-state index contributed by atoms with van der Waals surface area (Å²) in [5.74, 6) is -2.54. The van der Waals surface area contributed by atoms with E-state index in [0.717, 1.165) is 16.3 Å². The van der Waals surface area contributed by atoms with Gasteiger partial charge in [-0.2, -0.15) is 0 Å². The van der Waals surface area contributed by atoms with Gasteiger partial charge in [0.25, 0.3) is 0 Å². The first-order valence-corrected chi connectivity index (χ1v) is 14.3. The molecule has 0 spiro atoms. The van der Waals surface area contributed by atoms with Gasteiger partial charge in [0.15, 0.2) is 0 Å². The van der Waals surface area contributed by atoms with E-state index < -0.39 is 41.9 Å². The molecular weight excluding hydrogens is 514 g/mol. The average molecular weight is 554 g/mol. The van der Waals surface area contributed by atoms with Crippen LogP contribution in [0.4, 0.5) is 0 Å². The number of benzene rings is 2. The second-order valence-electron chi connectivity index (χ2n) is 10.9. The Balaban J connectivity index is 1.80. The molecule has 0 aliphatic heterocycles. The van der Waals surface area contributed by atoms with Gasteiger partial charge in [-0.1, -0.05) is 70.2 Å². The van der Waals surface area contributed by atoms with Crippen LogP contribution < -0.4 is 10.6 Å². The average Bonchev–Trinajstić information content (AvgIpc) is 3.41. The molecule has 1 aromatic heterocycles. The zero-order valence-electron chi connectivity index (χ0n) is 23.0. The molecule has 3 rings (SSSR count). The molecule has 3 aromatic rings. The van der Waals surface area contributed by atoms with Crippen molar-refractivity contribution in [1.82, 2.24) is 15.6 Å². The molecule has 0 unspecified atom stereocenters. The van der Waals surface area contributed by atoms with Gasteiger partial charge in [0.1, 0.15) is 17.2 Å². The fraction of sp³-hybridized carbons (Fsp3) is 0.467. The fourth-order valence-electron chi connectivity index (χ4n) is 4.81. The van der Waals surface area contributed by atoms with Gasteiger partial charge < -0.3 is 20.8 Å². The topological polar surface area (TPSA) is 129 Å². The minimum Gasteiger partial charge on any atom is -0.481 e. The molecule has 0 saturated heterocycles. The molecule has 1 heterocycles. The number of carbonyl (C=O) groups is 3. The van der Waals surface area contributed by atoms with Crippen molar-refractivity contribution in [2.75, 3.05) is 0 Å². The summed E-state index contributed by atoms with van der Waals surface area (Å²) >= 11 is 1.32. The minimum atomic E-state index is -1.08. The van der Waals surface area contributed by atoms with Crippen LogP contribution in [0.15, 0.2) is 54.0 Å². The van der Waals surface area contributed by atoms with Crippen molar-refractivity contribution in [2.45, 2.75) is 71.6 Å². The number of carboxylic acid groups (broad SMARTS) is 1. The monoisotopic (exact) mass is 553 g/mol. The Labute approximate surface area is 233 Å². The minimum absolute atomic E-state index is 0.0875.